The number of nitrogens with zero attached hydrogens (tertiary/aromatic N) is 1. The minimum Gasteiger partial charge on any atom is -0.393 e. The highest BCUT2D eigenvalue weighted by atomic mass is 16.3. The molecule has 0 amide bonds. The van der Waals surface area contributed by atoms with Gasteiger partial charge in [-0.15, -0.1) is 0 Å². The van der Waals surface area contributed by atoms with Crippen LogP contribution in [0.3, 0.4) is 0 Å². The maximum atomic E-state index is 11.5. The first-order valence-electron chi connectivity index (χ1n) is 7.36. The molecule has 0 unspecified atom stereocenters. The van der Waals surface area contributed by atoms with Crippen LogP contribution in [0, 0.1) is 17.3 Å². The van der Waals surface area contributed by atoms with Gasteiger partial charge in [-0.2, -0.15) is 0 Å². The van der Waals surface area contributed by atoms with Crippen molar-refractivity contribution in [2.75, 3.05) is 20.1 Å². The minimum absolute atomic E-state index is 0.0704. The van der Waals surface area contributed by atoms with Crippen LogP contribution in [0.2, 0.25) is 0 Å². The Balaban J connectivity index is 1.80. The smallest absolute Gasteiger partial charge is 0.127 e. The van der Waals surface area contributed by atoms with Crippen molar-refractivity contribution in [1.82, 2.24) is 4.90 Å². The third kappa shape index (κ3) is 3.33. The van der Waals surface area contributed by atoms with Crippen LogP contribution >= 0.6 is 0 Å². The van der Waals surface area contributed by atoms with Gasteiger partial charge in [-0.05, 0) is 57.4 Å². The molecule has 2 saturated carbocycles. The molecular formula is C15H27NO2. The van der Waals surface area contributed by atoms with Crippen LogP contribution < -0.4 is 0 Å². The summed E-state index contributed by atoms with van der Waals surface area (Å²) in [6.07, 6.45) is 7.50. The zero-order valence-electron chi connectivity index (χ0n) is 11.8. The number of aliphatic hydroxyl groups is 1. The van der Waals surface area contributed by atoms with Crippen molar-refractivity contribution in [3.8, 4) is 0 Å². The average Bonchev–Trinajstić information content (AvgIpc) is 2.30. The Kier molecular flexibility index (Phi) is 4.44. The molecule has 18 heavy (non-hydrogen) atoms. The van der Waals surface area contributed by atoms with E-state index in [2.05, 4.69) is 18.9 Å². The van der Waals surface area contributed by atoms with Crippen molar-refractivity contribution < 1.29 is 9.90 Å². The first-order chi connectivity index (χ1) is 8.53. The van der Waals surface area contributed by atoms with Gasteiger partial charge in [0.1, 0.15) is 6.29 Å². The van der Waals surface area contributed by atoms with E-state index < -0.39 is 0 Å². The zero-order valence-corrected chi connectivity index (χ0v) is 11.8. The van der Waals surface area contributed by atoms with Crippen LogP contribution in [0.25, 0.3) is 0 Å². The molecule has 0 heterocycles. The van der Waals surface area contributed by atoms with Crippen LogP contribution in [0.4, 0.5) is 0 Å². The summed E-state index contributed by atoms with van der Waals surface area (Å²) in [5.74, 6) is 1.42. The number of hydrogen-bond donors (Lipinski definition) is 1. The summed E-state index contributed by atoms with van der Waals surface area (Å²) in [5.41, 5.74) is -0.0936. The van der Waals surface area contributed by atoms with Gasteiger partial charge >= 0.3 is 0 Å². The number of rotatable bonds is 5. The highest BCUT2D eigenvalue weighted by Gasteiger charge is 2.36. The molecule has 104 valence electrons. The first kappa shape index (κ1) is 14.0. The summed E-state index contributed by atoms with van der Waals surface area (Å²) in [7, 11) is 2.12. The molecule has 0 spiro atoms. The maximum absolute atomic E-state index is 11.5. The second kappa shape index (κ2) is 5.70. The van der Waals surface area contributed by atoms with Gasteiger partial charge in [0.05, 0.1) is 6.10 Å². The van der Waals surface area contributed by atoms with Crippen molar-refractivity contribution in [3.63, 3.8) is 0 Å². The highest BCUT2D eigenvalue weighted by molar-refractivity contribution is 5.60. The molecule has 0 atom stereocenters. The van der Waals surface area contributed by atoms with Gasteiger partial charge in [-0.1, -0.05) is 6.92 Å². The Morgan fingerprint density at radius 2 is 1.94 bits per heavy atom. The number of aldehydes is 1. The standard InChI is InChI=1S/C15H27NO2/c1-12-3-5-15(11-17,6-4-12)10-16(2)9-13-7-14(18)8-13/h11-14,18H,3-10H2,1-2H3. The van der Waals surface area contributed by atoms with Crippen molar-refractivity contribution in [2.45, 2.75) is 51.6 Å². The fourth-order valence-corrected chi connectivity index (χ4v) is 3.54. The average molecular weight is 253 g/mol. The van der Waals surface area contributed by atoms with Crippen molar-refractivity contribution in [1.29, 1.82) is 0 Å². The second-order valence-corrected chi connectivity index (χ2v) is 6.85. The van der Waals surface area contributed by atoms with E-state index in [0.29, 0.717) is 5.92 Å². The molecule has 2 rings (SSSR count). The molecule has 2 aliphatic rings. The van der Waals surface area contributed by atoms with E-state index in [9.17, 15) is 9.90 Å². The Morgan fingerprint density at radius 3 is 2.44 bits per heavy atom. The minimum atomic E-state index is -0.0936. The predicted octanol–water partition coefficient (Wildman–Crippen LogP) is 2.08. The van der Waals surface area contributed by atoms with E-state index in [1.807, 2.05) is 0 Å². The molecular weight excluding hydrogens is 226 g/mol. The van der Waals surface area contributed by atoms with Gasteiger partial charge in [-0.3, -0.25) is 0 Å². The summed E-state index contributed by atoms with van der Waals surface area (Å²) in [6.45, 7) is 4.21. The lowest BCUT2D eigenvalue weighted by atomic mass is 9.71. The normalized spacial score (nSPS) is 40.6. The predicted molar refractivity (Wildman–Crippen MR) is 72.4 cm³/mol. The third-order valence-electron chi connectivity index (χ3n) is 4.89. The lowest BCUT2D eigenvalue weighted by molar-refractivity contribution is -0.119. The molecule has 1 N–H and O–H groups in total. The van der Waals surface area contributed by atoms with E-state index >= 15 is 0 Å². The largest absolute Gasteiger partial charge is 0.393 e. The lowest BCUT2D eigenvalue weighted by Gasteiger charge is -2.40. The molecule has 0 aromatic rings. The fourth-order valence-electron chi connectivity index (χ4n) is 3.54. The van der Waals surface area contributed by atoms with E-state index in [0.717, 1.165) is 44.7 Å². The van der Waals surface area contributed by atoms with Gasteiger partial charge in [0.15, 0.2) is 0 Å². The van der Waals surface area contributed by atoms with E-state index in [4.69, 9.17) is 0 Å². The zero-order chi connectivity index (χ0) is 13.2. The molecule has 0 saturated heterocycles. The fraction of sp³-hybridized carbons (Fsp3) is 0.933. The second-order valence-electron chi connectivity index (χ2n) is 6.85. The summed E-state index contributed by atoms with van der Waals surface area (Å²) in [4.78, 5) is 13.8. The van der Waals surface area contributed by atoms with Crippen LogP contribution in [-0.4, -0.2) is 42.5 Å². The number of aliphatic hydroxyl groups excluding tert-OH is 1. The Morgan fingerprint density at radius 1 is 1.33 bits per heavy atom. The number of hydrogen-bond acceptors (Lipinski definition) is 3. The Hall–Kier alpha value is -0.410. The molecule has 0 aromatic heterocycles. The topological polar surface area (TPSA) is 40.5 Å². The maximum Gasteiger partial charge on any atom is 0.127 e. The van der Waals surface area contributed by atoms with Gasteiger partial charge in [0, 0.05) is 18.5 Å². The number of carbonyl (C=O) groups excluding carboxylic acids is 1. The molecule has 0 aromatic carbocycles. The summed E-state index contributed by atoms with van der Waals surface area (Å²) in [6, 6.07) is 0. The molecule has 0 radical (unpaired) electrons. The first-order valence-corrected chi connectivity index (χ1v) is 7.36. The van der Waals surface area contributed by atoms with Gasteiger partial charge in [0.25, 0.3) is 0 Å². The quantitative estimate of drug-likeness (QED) is 0.763. The molecule has 2 fully saturated rings. The number of carbonyl (C=O) groups is 1. The molecule has 0 bridgehead atoms. The Bertz CT molecular complexity index is 278. The van der Waals surface area contributed by atoms with Crippen LogP contribution in [0.1, 0.15) is 45.4 Å². The van der Waals surface area contributed by atoms with Crippen molar-refractivity contribution in [2.24, 2.45) is 17.3 Å². The van der Waals surface area contributed by atoms with E-state index in [1.54, 1.807) is 0 Å². The molecule has 2 aliphatic carbocycles. The summed E-state index contributed by atoms with van der Waals surface area (Å²) >= 11 is 0. The summed E-state index contributed by atoms with van der Waals surface area (Å²) in [5, 5.41) is 9.30. The van der Waals surface area contributed by atoms with Gasteiger partial charge in [0.2, 0.25) is 0 Å². The van der Waals surface area contributed by atoms with Crippen molar-refractivity contribution in [3.05, 3.63) is 0 Å². The van der Waals surface area contributed by atoms with E-state index in [-0.39, 0.29) is 11.5 Å². The van der Waals surface area contributed by atoms with Gasteiger partial charge in [-0.25, -0.2) is 0 Å². The van der Waals surface area contributed by atoms with Crippen LogP contribution in [0.15, 0.2) is 0 Å². The molecule has 0 aliphatic heterocycles. The third-order valence-corrected chi connectivity index (χ3v) is 4.89. The monoisotopic (exact) mass is 253 g/mol. The highest BCUT2D eigenvalue weighted by Crippen LogP contribution is 2.38. The summed E-state index contributed by atoms with van der Waals surface area (Å²) < 4.78 is 0. The van der Waals surface area contributed by atoms with Crippen LogP contribution in [0.5, 0.6) is 0 Å². The molecule has 3 heteroatoms. The van der Waals surface area contributed by atoms with Crippen LogP contribution in [-0.2, 0) is 4.79 Å². The lowest BCUT2D eigenvalue weighted by Crippen LogP contribution is -2.44. The molecule has 3 nitrogen and oxygen atoms in total. The SMILES string of the molecule is CC1CCC(C=O)(CN(C)CC2CC(O)C2)CC1. The van der Waals surface area contributed by atoms with Gasteiger partial charge < -0.3 is 14.8 Å². The Labute approximate surface area is 111 Å². The van der Waals surface area contributed by atoms with E-state index in [1.165, 1.54) is 19.1 Å². The van der Waals surface area contributed by atoms with Crippen molar-refractivity contribution >= 4 is 6.29 Å².